The molecule has 1 aliphatic heterocycles. The molecule has 0 spiro atoms. The van der Waals surface area contributed by atoms with Gasteiger partial charge in [0.25, 0.3) is 0 Å². The van der Waals surface area contributed by atoms with Crippen LogP contribution in [-0.2, 0) is 24.2 Å². The van der Waals surface area contributed by atoms with Gasteiger partial charge in [-0.15, -0.1) is 11.3 Å². The van der Waals surface area contributed by atoms with Gasteiger partial charge in [-0.1, -0.05) is 6.07 Å². The second-order valence-electron chi connectivity index (χ2n) is 5.43. The minimum Gasteiger partial charge on any atom is -0.347 e. The first kappa shape index (κ1) is 14.1. The number of nitrogens with one attached hydrogen (secondary N) is 1. The van der Waals surface area contributed by atoms with E-state index in [2.05, 4.69) is 19.9 Å². The lowest BCUT2D eigenvalue weighted by Gasteiger charge is -2.26. The van der Waals surface area contributed by atoms with Gasteiger partial charge in [0, 0.05) is 24.5 Å². The average molecular weight is 325 g/mol. The highest BCUT2D eigenvalue weighted by Crippen LogP contribution is 2.22. The maximum absolute atomic E-state index is 12.5. The van der Waals surface area contributed by atoms with Gasteiger partial charge in [0.2, 0.25) is 5.91 Å². The van der Waals surface area contributed by atoms with Crippen molar-refractivity contribution in [2.24, 2.45) is 0 Å². The number of amides is 1. The van der Waals surface area contributed by atoms with E-state index in [0.29, 0.717) is 19.5 Å². The van der Waals surface area contributed by atoms with E-state index in [1.165, 1.54) is 11.3 Å². The van der Waals surface area contributed by atoms with Gasteiger partial charge in [-0.05, 0) is 12.1 Å². The number of thiazole rings is 1. The van der Waals surface area contributed by atoms with Crippen molar-refractivity contribution < 1.29 is 4.79 Å². The van der Waals surface area contributed by atoms with Gasteiger partial charge >= 0.3 is 0 Å². The van der Waals surface area contributed by atoms with Crippen LogP contribution in [0, 0.1) is 0 Å². The van der Waals surface area contributed by atoms with E-state index >= 15 is 0 Å². The van der Waals surface area contributed by atoms with E-state index in [1.807, 2.05) is 28.5 Å². The third kappa shape index (κ3) is 2.87. The van der Waals surface area contributed by atoms with Crippen molar-refractivity contribution in [1.29, 1.82) is 0 Å². The van der Waals surface area contributed by atoms with Crippen molar-refractivity contribution >= 4 is 17.2 Å². The summed E-state index contributed by atoms with van der Waals surface area (Å²) in [4.78, 5) is 30.5. The van der Waals surface area contributed by atoms with Crippen LogP contribution < -0.4 is 0 Å². The molecule has 4 rings (SSSR count). The third-order valence-electron chi connectivity index (χ3n) is 3.90. The zero-order valence-corrected chi connectivity index (χ0v) is 13.2. The number of hydrogen-bond donors (Lipinski definition) is 1. The molecule has 116 valence electrons. The first-order chi connectivity index (χ1) is 11.3. The molecule has 0 unspecified atom stereocenters. The predicted octanol–water partition coefficient (Wildman–Crippen LogP) is 2.06. The molecular weight excluding hydrogens is 310 g/mol. The summed E-state index contributed by atoms with van der Waals surface area (Å²) in [7, 11) is 0. The predicted molar refractivity (Wildman–Crippen MR) is 86.8 cm³/mol. The largest absolute Gasteiger partial charge is 0.347 e. The molecule has 3 aromatic rings. The quantitative estimate of drug-likeness (QED) is 0.800. The first-order valence-electron chi connectivity index (χ1n) is 7.44. The van der Waals surface area contributed by atoms with Gasteiger partial charge in [0.05, 0.1) is 42.1 Å². The highest BCUT2D eigenvalue weighted by atomic mass is 32.1. The van der Waals surface area contributed by atoms with E-state index < -0.39 is 0 Å². The smallest absolute Gasteiger partial charge is 0.228 e. The molecule has 1 N–H and O–H groups in total. The number of pyridine rings is 1. The lowest BCUT2D eigenvalue weighted by Crippen LogP contribution is -2.37. The average Bonchev–Trinajstić information content (AvgIpc) is 3.24. The zero-order chi connectivity index (χ0) is 15.6. The van der Waals surface area contributed by atoms with E-state index in [4.69, 9.17) is 0 Å². The van der Waals surface area contributed by atoms with Crippen LogP contribution in [0.2, 0.25) is 0 Å². The Morgan fingerprint density at radius 1 is 1.35 bits per heavy atom. The lowest BCUT2D eigenvalue weighted by atomic mass is 10.1. The Balaban J connectivity index is 1.45. The third-order valence-corrected chi connectivity index (χ3v) is 4.81. The summed E-state index contributed by atoms with van der Waals surface area (Å²) in [6.45, 7) is 1.32. The van der Waals surface area contributed by atoms with Gasteiger partial charge < -0.3 is 9.88 Å². The highest BCUT2D eigenvalue weighted by molar-refractivity contribution is 7.13. The molecule has 0 saturated carbocycles. The fraction of sp³-hybridized carbons (Fsp3) is 0.250. The Kier molecular flexibility index (Phi) is 3.63. The summed E-state index contributed by atoms with van der Waals surface area (Å²) in [5.41, 5.74) is 3.75. The topological polar surface area (TPSA) is 74.8 Å². The highest BCUT2D eigenvalue weighted by Gasteiger charge is 2.23. The molecule has 0 saturated heterocycles. The maximum atomic E-state index is 12.5. The summed E-state index contributed by atoms with van der Waals surface area (Å²) in [5, 5.41) is 2.79. The molecule has 3 aromatic heterocycles. The van der Waals surface area contributed by atoms with Crippen molar-refractivity contribution in [2.75, 3.05) is 6.54 Å². The monoisotopic (exact) mass is 325 g/mol. The van der Waals surface area contributed by atoms with Gasteiger partial charge in [-0.25, -0.2) is 9.97 Å². The number of H-pyrrole nitrogens is 1. The Morgan fingerprint density at radius 2 is 2.30 bits per heavy atom. The summed E-state index contributed by atoms with van der Waals surface area (Å²) < 4.78 is 0. The zero-order valence-electron chi connectivity index (χ0n) is 12.4. The Bertz CT molecular complexity index is 826. The van der Waals surface area contributed by atoms with E-state index in [0.717, 1.165) is 34.2 Å². The summed E-state index contributed by atoms with van der Waals surface area (Å²) in [6, 6.07) is 5.74. The molecule has 23 heavy (non-hydrogen) atoms. The molecule has 0 atom stereocenters. The van der Waals surface area contributed by atoms with Crippen LogP contribution in [0.5, 0.6) is 0 Å². The van der Waals surface area contributed by atoms with Crippen LogP contribution in [-0.4, -0.2) is 37.3 Å². The fourth-order valence-corrected chi connectivity index (χ4v) is 3.48. The van der Waals surface area contributed by atoms with Gasteiger partial charge in [0.1, 0.15) is 5.01 Å². The number of imidazole rings is 1. The van der Waals surface area contributed by atoms with Gasteiger partial charge in [0.15, 0.2) is 0 Å². The molecule has 1 aliphatic rings. The van der Waals surface area contributed by atoms with Crippen molar-refractivity contribution in [3.8, 4) is 10.7 Å². The lowest BCUT2D eigenvalue weighted by molar-refractivity contribution is -0.131. The number of carbonyl (C=O) groups is 1. The number of fused-ring (bicyclic) bond motifs is 1. The van der Waals surface area contributed by atoms with Crippen molar-refractivity contribution in [1.82, 2.24) is 24.8 Å². The van der Waals surface area contributed by atoms with Crippen molar-refractivity contribution in [3.05, 3.63) is 53.2 Å². The van der Waals surface area contributed by atoms with E-state index in [1.54, 1.807) is 12.5 Å². The molecule has 0 radical (unpaired) electrons. The molecule has 0 fully saturated rings. The summed E-state index contributed by atoms with van der Waals surface area (Å²) >= 11 is 1.52. The molecule has 0 bridgehead atoms. The number of aromatic nitrogens is 4. The van der Waals surface area contributed by atoms with Crippen LogP contribution in [0.15, 0.2) is 36.1 Å². The number of nitrogens with zero attached hydrogens (tertiary/aromatic N) is 4. The normalized spacial score (nSPS) is 13.8. The van der Waals surface area contributed by atoms with Crippen molar-refractivity contribution in [3.63, 3.8) is 0 Å². The standard InChI is InChI=1S/C16H15N5OS/c22-15(21-6-4-12-14(8-21)19-10-18-12)7-11-9-23-16(20-11)13-3-1-2-5-17-13/h1-3,5,9-10H,4,6-8H2,(H,18,19). The molecule has 1 amide bonds. The molecule has 7 heteroatoms. The Morgan fingerprint density at radius 3 is 3.17 bits per heavy atom. The minimum atomic E-state index is 0.100. The summed E-state index contributed by atoms with van der Waals surface area (Å²) in [5.74, 6) is 0.100. The number of aromatic amines is 1. The number of rotatable bonds is 3. The summed E-state index contributed by atoms with van der Waals surface area (Å²) in [6.07, 6.45) is 4.57. The van der Waals surface area contributed by atoms with Crippen LogP contribution in [0.4, 0.5) is 0 Å². The molecule has 0 aromatic carbocycles. The maximum Gasteiger partial charge on any atom is 0.228 e. The number of carbonyl (C=O) groups excluding carboxylic acids is 1. The van der Waals surface area contributed by atoms with Crippen LogP contribution >= 0.6 is 11.3 Å². The van der Waals surface area contributed by atoms with Gasteiger partial charge in [-0.3, -0.25) is 9.78 Å². The molecular formula is C16H15N5OS. The van der Waals surface area contributed by atoms with Crippen molar-refractivity contribution in [2.45, 2.75) is 19.4 Å². The second kappa shape index (κ2) is 5.92. The van der Waals surface area contributed by atoms with Gasteiger partial charge in [-0.2, -0.15) is 0 Å². The van der Waals surface area contributed by atoms with E-state index in [9.17, 15) is 4.79 Å². The Hall–Kier alpha value is -2.54. The van der Waals surface area contributed by atoms with E-state index in [-0.39, 0.29) is 5.91 Å². The fourth-order valence-electron chi connectivity index (χ4n) is 2.69. The minimum absolute atomic E-state index is 0.100. The number of hydrogen-bond acceptors (Lipinski definition) is 5. The van der Waals surface area contributed by atoms with Crippen LogP contribution in [0.25, 0.3) is 10.7 Å². The second-order valence-corrected chi connectivity index (χ2v) is 6.29. The molecule has 4 heterocycles. The molecule has 6 nitrogen and oxygen atoms in total. The first-order valence-corrected chi connectivity index (χ1v) is 8.32. The van der Waals surface area contributed by atoms with Crippen LogP contribution in [0.3, 0.4) is 0 Å². The SMILES string of the molecule is O=C(Cc1csc(-c2ccccn2)n1)N1CCc2nc[nH]c2C1. The molecule has 0 aliphatic carbocycles. The van der Waals surface area contributed by atoms with Crippen LogP contribution in [0.1, 0.15) is 17.1 Å². The Labute approximate surface area is 137 Å².